The van der Waals surface area contributed by atoms with Gasteiger partial charge in [0.1, 0.15) is 6.17 Å². The van der Waals surface area contributed by atoms with Gasteiger partial charge in [-0.05, 0) is 32.4 Å². The van der Waals surface area contributed by atoms with Crippen LogP contribution >= 0.6 is 0 Å². The third-order valence-corrected chi connectivity index (χ3v) is 2.79. The first-order valence-corrected chi connectivity index (χ1v) is 5.59. The molecule has 1 nitrogen and oxygen atoms in total. The minimum atomic E-state index is -0.669. The Labute approximate surface area is 87.0 Å². The Bertz CT molecular complexity index is 189. The highest BCUT2D eigenvalue weighted by Gasteiger charge is 2.24. The molecule has 1 saturated heterocycles. The molecule has 14 heavy (non-hydrogen) atoms. The Morgan fingerprint density at radius 1 is 1.50 bits per heavy atom. The summed E-state index contributed by atoms with van der Waals surface area (Å²) in [5, 5.41) is 0. The summed E-state index contributed by atoms with van der Waals surface area (Å²) >= 11 is 0. The van der Waals surface area contributed by atoms with E-state index in [1.807, 2.05) is 7.05 Å². The molecule has 0 radical (unpaired) electrons. The second-order valence-electron chi connectivity index (χ2n) is 4.79. The van der Waals surface area contributed by atoms with Crippen molar-refractivity contribution < 1.29 is 4.39 Å². The zero-order chi connectivity index (χ0) is 10.6. The second kappa shape index (κ2) is 5.50. The van der Waals surface area contributed by atoms with Gasteiger partial charge in [-0.2, -0.15) is 0 Å². The van der Waals surface area contributed by atoms with Crippen LogP contribution in [-0.4, -0.2) is 31.2 Å². The number of likely N-dealkylation sites (tertiary alicyclic amines) is 1. The summed E-state index contributed by atoms with van der Waals surface area (Å²) in [5.41, 5.74) is 0. The Kier molecular flexibility index (Phi) is 4.59. The highest BCUT2D eigenvalue weighted by Crippen LogP contribution is 2.21. The van der Waals surface area contributed by atoms with Crippen LogP contribution in [0.4, 0.5) is 4.39 Å². The van der Waals surface area contributed by atoms with Crippen LogP contribution in [0.25, 0.3) is 0 Å². The number of piperidine rings is 1. The molecule has 2 heteroatoms. The van der Waals surface area contributed by atoms with E-state index in [-0.39, 0.29) is 5.92 Å². The lowest BCUT2D eigenvalue weighted by Crippen LogP contribution is -2.38. The minimum absolute atomic E-state index is 0.157. The van der Waals surface area contributed by atoms with Crippen LogP contribution in [-0.2, 0) is 0 Å². The van der Waals surface area contributed by atoms with Gasteiger partial charge in [0.05, 0.1) is 0 Å². The predicted octanol–water partition coefficient (Wildman–Crippen LogP) is 2.88. The van der Waals surface area contributed by atoms with Crippen molar-refractivity contribution in [3.8, 4) is 0 Å². The van der Waals surface area contributed by atoms with Crippen LogP contribution in [0, 0.1) is 11.8 Å². The van der Waals surface area contributed by atoms with E-state index in [1.54, 1.807) is 0 Å². The van der Waals surface area contributed by atoms with Gasteiger partial charge in [0.15, 0.2) is 0 Å². The van der Waals surface area contributed by atoms with E-state index in [0.29, 0.717) is 12.5 Å². The van der Waals surface area contributed by atoms with Crippen molar-refractivity contribution in [1.82, 2.24) is 4.90 Å². The Morgan fingerprint density at radius 2 is 2.21 bits per heavy atom. The molecule has 0 amide bonds. The minimum Gasteiger partial charge on any atom is -0.303 e. The van der Waals surface area contributed by atoms with Crippen LogP contribution in [0.2, 0.25) is 0 Å². The van der Waals surface area contributed by atoms with Gasteiger partial charge in [-0.1, -0.05) is 26.0 Å². The Balaban J connectivity index is 2.33. The molecule has 0 N–H and O–H groups in total. The highest BCUT2D eigenvalue weighted by molar-refractivity contribution is 4.95. The van der Waals surface area contributed by atoms with Crippen molar-refractivity contribution in [1.29, 1.82) is 0 Å². The molecule has 0 saturated carbocycles. The number of nitrogens with zero attached hydrogens (tertiary/aromatic N) is 1. The van der Waals surface area contributed by atoms with Gasteiger partial charge in [0.2, 0.25) is 0 Å². The Morgan fingerprint density at radius 3 is 2.79 bits per heavy atom. The molecule has 1 aliphatic heterocycles. The van der Waals surface area contributed by atoms with Crippen molar-refractivity contribution in [2.45, 2.75) is 32.9 Å². The maximum Gasteiger partial charge on any atom is 0.119 e. The number of halogens is 1. The molecule has 0 aromatic carbocycles. The SMILES string of the molecule is CC(C)C/C=C/[C@H]1CCN(C)C[C@H]1F. The Hall–Kier alpha value is -0.370. The first-order chi connectivity index (χ1) is 6.59. The standard InChI is InChI=1S/C12H22FN/c1-10(2)5-4-6-11-7-8-14(3)9-12(11)13/h4,6,10-12H,5,7-9H2,1-3H3/b6-4+/t11-,12+/m0/s1. The van der Waals surface area contributed by atoms with Gasteiger partial charge in [-0.3, -0.25) is 0 Å². The normalized spacial score (nSPS) is 30.4. The van der Waals surface area contributed by atoms with Crippen LogP contribution < -0.4 is 0 Å². The van der Waals surface area contributed by atoms with E-state index in [4.69, 9.17) is 0 Å². The zero-order valence-corrected chi connectivity index (χ0v) is 9.54. The molecule has 0 aliphatic carbocycles. The molecule has 1 fully saturated rings. The van der Waals surface area contributed by atoms with Gasteiger partial charge in [-0.15, -0.1) is 0 Å². The summed E-state index contributed by atoms with van der Waals surface area (Å²) in [6.45, 7) is 5.99. The number of allylic oxidation sites excluding steroid dienone is 2. The monoisotopic (exact) mass is 199 g/mol. The molecule has 1 heterocycles. The van der Waals surface area contributed by atoms with Crippen molar-refractivity contribution in [2.75, 3.05) is 20.1 Å². The van der Waals surface area contributed by atoms with Gasteiger partial charge < -0.3 is 4.90 Å². The maximum absolute atomic E-state index is 13.5. The molecule has 82 valence electrons. The molecule has 0 bridgehead atoms. The summed E-state index contributed by atoms with van der Waals surface area (Å²) < 4.78 is 13.5. The summed E-state index contributed by atoms with van der Waals surface area (Å²) in [5.74, 6) is 0.834. The predicted molar refractivity (Wildman–Crippen MR) is 59.1 cm³/mol. The molecule has 0 unspecified atom stereocenters. The molecule has 1 aliphatic rings. The summed E-state index contributed by atoms with van der Waals surface area (Å²) in [4.78, 5) is 2.07. The average molecular weight is 199 g/mol. The largest absolute Gasteiger partial charge is 0.303 e. The first kappa shape index (κ1) is 11.7. The second-order valence-corrected chi connectivity index (χ2v) is 4.79. The highest BCUT2D eigenvalue weighted by atomic mass is 19.1. The van der Waals surface area contributed by atoms with E-state index in [1.165, 1.54) is 0 Å². The average Bonchev–Trinajstić information content (AvgIpc) is 2.08. The van der Waals surface area contributed by atoms with Gasteiger partial charge in [0, 0.05) is 12.5 Å². The van der Waals surface area contributed by atoms with Crippen molar-refractivity contribution in [3.63, 3.8) is 0 Å². The summed E-state index contributed by atoms with van der Waals surface area (Å²) in [7, 11) is 1.99. The lowest BCUT2D eigenvalue weighted by Gasteiger charge is -2.30. The van der Waals surface area contributed by atoms with Crippen LogP contribution in [0.5, 0.6) is 0 Å². The van der Waals surface area contributed by atoms with E-state index in [0.717, 1.165) is 19.4 Å². The fourth-order valence-corrected chi connectivity index (χ4v) is 1.82. The van der Waals surface area contributed by atoms with Crippen molar-refractivity contribution in [3.05, 3.63) is 12.2 Å². The lowest BCUT2D eigenvalue weighted by molar-refractivity contribution is 0.126. The van der Waals surface area contributed by atoms with E-state index < -0.39 is 6.17 Å². The van der Waals surface area contributed by atoms with E-state index >= 15 is 0 Å². The van der Waals surface area contributed by atoms with Crippen LogP contribution in [0.3, 0.4) is 0 Å². The maximum atomic E-state index is 13.5. The van der Waals surface area contributed by atoms with Gasteiger partial charge >= 0.3 is 0 Å². The third-order valence-electron chi connectivity index (χ3n) is 2.79. The molecule has 0 aromatic heterocycles. The molecule has 2 atom stereocenters. The molecule has 0 spiro atoms. The lowest BCUT2D eigenvalue weighted by atomic mass is 9.94. The number of hydrogen-bond donors (Lipinski definition) is 0. The van der Waals surface area contributed by atoms with Crippen LogP contribution in [0.15, 0.2) is 12.2 Å². The topological polar surface area (TPSA) is 3.24 Å². The van der Waals surface area contributed by atoms with Crippen LogP contribution in [0.1, 0.15) is 26.7 Å². The van der Waals surface area contributed by atoms with E-state index in [9.17, 15) is 4.39 Å². The van der Waals surface area contributed by atoms with Gasteiger partial charge in [0.25, 0.3) is 0 Å². The smallest absolute Gasteiger partial charge is 0.119 e. The van der Waals surface area contributed by atoms with Gasteiger partial charge in [-0.25, -0.2) is 4.39 Å². The van der Waals surface area contributed by atoms with Crippen molar-refractivity contribution in [2.24, 2.45) is 11.8 Å². The summed E-state index contributed by atoms with van der Waals surface area (Å²) in [6.07, 6.45) is 5.59. The number of alkyl halides is 1. The molecular formula is C12H22FN. The zero-order valence-electron chi connectivity index (χ0n) is 9.54. The summed E-state index contributed by atoms with van der Waals surface area (Å²) in [6, 6.07) is 0. The molecular weight excluding hydrogens is 177 g/mol. The van der Waals surface area contributed by atoms with Crippen molar-refractivity contribution >= 4 is 0 Å². The fraction of sp³-hybridized carbons (Fsp3) is 0.833. The molecule has 1 rings (SSSR count). The first-order valence-electron chi connectivity index (χ1n) is 5.59. The number of rotatable bonds is 3. The third kappa shape index (κ3) is 3.79. The number of hydrogen-bond acceptors (Lipinski definition) is 1. The van der Waals surface area contributed by atoms with E-state index in [2.05, 4.69) is 30.9 Å². The quantitative estimate of drug-likeness (QED) is 0.632. The fourth-order valence-electron chi connectivity index (χ4n) is 1.82. The molecule has 0 aromatic rings.